The molecule has 4 heteroatoms. The van der Waals surface area contributed by atoms with E-state index in [1.807, 2.05) is 11.7 Å². The summed E-state index contributed by atoms with van der Waals surface area (Å²) in [7, 11) is 1.91. The van der Waals surface area contributed by atoms with Crippen LogP contribution in [0.1, 0.15) is 19.7 Å². The van der Waals surface area contributed by atoms with Crippen LogP contribution in [-0.2, 0) is 13.5 Å². The van der Waals surface area contributed by atoms with E-state index in [0.717, 1.165) is 12.2 Å². The Balaban J connectivity index is 2.62. The summed E-state index contributed by atoms with van der Waals surface area (Å²) in [4.78, 5) is 4.18. The molecule has 0 amide bonds. The molecular formula is C9H18N4. The second-order valence-corrected chi connectivity index (χ2v) is 3.74. The minimum atomic E-state index is 0.503. The predicted octanol–water partition coefficient (Wildman–Crippen LogP) is 0.588. The molecule has 1 aromatic heterocycles. The molecule has 0 aromatic carbocycles. The van der Waals surface area contributed by atoms with Crippen LogP contribution >= 0.6 is 0 Å². The first kappa shape index (κ1) is 10.2. The molecule has 74 valence electrons. The fraction of sp³-hybridized carbons (Fsp3) is 0.778. The molecule has 0 saturated heterocycles. The maximum Gasteiger partial charge on any atom is 0.138 e. The lowest BCUT2D eigenvalue weighted by molar-refractivity contribution is 0.379. The molecule has 1 aromatic rings. The molecule has 0 bridgehead atoms. The summed E-state index contributed by atoms with van der Waals surface area (Å²) in [6, 6.07) is 0. The Labute approximate surface area is 79.2 Å². The van der Waals surface area contributed by atoms with E-state index in [-0.39, 0.29) is 0 Å². The highest BCUT2D eigenvalue weighted by molar-refractivity contribution is 4.87. The van der Waals surface area contributed by atoms with Crippen molar-refractivity contribution in [3.05, 3.63) is 12.2 Å². The van der Waals surface area contributed by atoms with E-state index in [1.165, 1.54) is 0 Å². The number of rotatable bonds is 4. The zero-order valence-corrected chi connectivity index (χ0v) is 8.57. The van der Waals surface area contributed by atoms with E-state index in [2.05, 4.69) is 23.9 Å². The fourth-order valence-electron chi connectivity index (χ4n) is 1.33. The Morgan fingerprint density at radius 3 is 2.62 bits per heavy atom. The van der Waals surface area contributed by atoms with Crippen molar-refractivity contribution in [3.8, 4) is 0 Å². The molecular weight excluding hydrogens is 164 g/mol. The number of hydrogen-bond acceptors (Lipinski definition) is 3. The third-order valence-corrected chi connectivity index (χ3v) is 2.50. The second-order valence-electron chi connectivity index (χ2n) is 3.74. The molecule has 13 heavy (non-hydrogen) atoms. The standard InChI is InChI=1S/C9H18N4/c1-7(2)8(5-10)4-9-11-6-12-13(9)3/h6-8H,4-5,10H2,1-3H3. The minimum Gasteiger partial charge on any atom is -0.330 e. The first-order valence-electron chi connectivity index (χ1n) is 4.68. The maximum absolute atomic E-state index is 5.68. The van der Waals surface area contributed by atoms with Gasteiger partial charge in [0, 0.05) is 13.5 Å². The van der Waals surface area contributed by atoms with Crippen molar-refractivity contribution >= 4 is 0 Å². The topological polar surface area (TPSA) is 56.7 Å². The first-order valence-corrected chi connectivity index (χ1v) is 4.68. The zero-order valence-electron chi connectivity index (χ0n) is 8.57. The lowest BCUT2D eigenvalue weighted by Gasteiger charge is -2.17. The van der Waals surface area contributed by atoms with E-state index < -0.39 is 0 Å². The Morgan fingerprint density at radius 1 is 1.54 bits per heavy atom. The van der Waals surface area contributed by atoms with Gasteiger partial charge in [0.1, 0.15) is 12.2 Å². The Hall–Kier alpha value is -0.900. The predicted molar refractivity (Wildman–Crippen MR) is 52.1 cm³/mol. The van der Waals surface area contributed by atoms with Gasteiger partial charge >= 0.3 is 0 Å². The quantitative estimate of drug-likeness (QED) is 0.741. The minimum absolute atomic E-state index is 0.503. The molecule has 1 unspecified atom stereocenters. The lowest BCUT2D eigenvalue weighted by Crippen LogP contribution is -2.23. The number of nitrogens with zero attached hydrogens (tertiary/aromatic N) is 3. The highest BCUT2D eigenvalue weighted by Crippen LogP contribution is 2.13. The van der Waals surface area contributed by atoms with Gasteiger partial charge in [0.25, 0.3) is 0 Å². The summed E-state index contributed by atoms with van der Waals surface area (Å²) in [5.74, 6) is 2.12. The normalized spacial score (nSPS) is 13.6. The van der Waals surface area contributed by atoms with Crippen molar-refractivity contribution in [1.29, 1.82) is 0 Å². The average molecular weight is 182 g/mol. The van der Waals surface area contributed by atoms with Gasteiger partial charge in [-0.3, -0.25) is 4.68 Å². The van der Waals surface area contributed by atoms with Crippen LogP contribution in [0.5, 0.6) is 0 Å². The fourth-order valence-corrected chi connectivity index (χ4v) is 1.33. The Kier molecular flexibility index (Phi) is 3.42. The van der Waals surface area contributed by atoms with Gasteiger partial charge in [0.2, 0.25) is 0 Å². The van der Waals surface area contributed by atoms with Gasteiger partial charge in [0.15, 0.2) is 0 Å². The van der Waals surface area contributed by atoms with E-state index in [4.69, 9.17) is 5.73 Å². The summed E-state index contributed by atoms with van der Waals surface area (Å²) in [5.41, 5.74) is 5.68. The van der Waals surface area contributed by atoms with Crippen molar-refractivity contribution in [1.82, 2.24) is 14.8 Å². The molecule has 1 atom stereocenters. The molecule has 0 aliphatic rings. The van der Waals surface area contributed by atoms with E-state index in [9.17, 15) is 0 Å². The highest BCUT2D eigenvalue weighted by atomic mass is 15.3. The SMILES string of the molecule is CC(C)C(CN)Cc1ncnn1C. The molecule has 0 fully saturated rings. The van der Waals surface area contributed by atoms with Gasteiger partial charge in [-0.05, 0) is 18.4 Å². The van der Waals surface area contributed by atoms with E-state index in [0.29, 0.717) is 18.4 Å². The number of hydrogen-bond donors (Lipinski definition) is 1. The van der Waals surface area contributed by atoms with Crippen LogP contribution in [0.15, 0.2) is 6.33 Å². The largest absolute Gasteiger partial charge is 0.330 e. The van der Waals surface area contributed by atoms with Gasteiger partial charge in [0.05, 0.1) is 0 Å². The van der Waals surface area contributed by atoms with Gasteiger partial charge in [-0.15, -0.1) is 0 Å². The lowest BCUT2D eigenvalue weighted by atomic mass is 9.92. The summed E-state index contributed by atoms with van der Waals surface area (Å²) < 4.78 is 1.81. The molecule has 0 spiro atoms. The molecule has 1 heterocycles. The van der Waals surface area contributed by atoms with E-state index in [1.54, 1.807) is 6.33 Å². The van der Waals surface area contributed by atoms with Gasteiger partial charge in [-0.2, -0.15) is 5.10 Å². The number of aryl methyl sites for hydroxylation is 1. The summed E-state index contributed by atoms with van der Waals surface area (Å²) in [6.45, 7) is 5.09. The first-order chi connectivity index (χ1) is 6.15. The number of aromatic nitrogens is 3. The van der Waals surface area contributed by atoms with Gasteiger partial charge < -0.3 is 5.73 Å². The third-order valence-electron chi connectivity index (χ3n) is 2.50. The monoisotopic (exact) mass is 182 g/mol. The second kappa shape index (κ2) is 4.37. The zero-order chi connectivity index (χ0) is 9.84. The van der Waals surface area contributed by atoms with Crippen molar-refractivity contribution in [2.75, 3.05) is 6.54 Å². The molecule has 0 radical (unpaired) electrons. The Morgan fingerprint density at radius 2 is 2.23 bits per heavy atom. The van der Waals surface area contributed by atoms with Crippen molar-refractivity contribution in [2.45, 2.75) is 20.3 Å². The van der Waals surface area contributed by atoms with Crippen LogP contribution in [0.4, 0.5) is 0 Å². The van der Waals surface area contributed by atoms with Crippen LogP contribution in [0.3, 0.4) is 0 Å². The molecule has 0 aliphatic heterocycles. The smallest absolute Gasteiger partial charge is 0.138 e. The van der Waals surface area contributed by atoms with Crippen molar-refractivity contribution in [2.24, 2.45) is 24.6 Å². The maximum atomic E-state index is 5.68. The van der Waals surface area contributed by atoms with Crippen molar-refractivity contribution < 1.29 is 0 Å². The summed E-state index contributed by atoms with van der Waals surface area (Å²) in [6.07, 6.45) is 2.51. The van der Waals surface area contributed by atoms with Crippen LogP contribution in [0.25, 0.3) is 0 Å². The molecule has 2 N–H and O–H groups in total. The van der Waals surface area contributed by atoms with Crippen molar-refractivity contribution in [3.63, 3.8) is 0 Å². The average Bonchev–Trinajstić information content (AvgIpc) is 2.46. The third kappa shape index (κ3) is 2.52. The van der Waals surface area contributed by atoms with Crippen LogP contribution < -0.4 is 5.73 Å². The van der Waals surface area contributed by atoms with Gasteiger partial charge in [-0.1, -0.05) is 13.8 Å². The van der Waals surface area contributed by atoms with E-state index >= 15 is 0 Å². The Bertz CT molecular complexity index is 254. The summed E-state index contributed by atoms with van der Waals surface area (Å²) in [5, 5.41) is 4.03. The molecule has 4 nitrogen and oxygen atoms in total. The highest BCUT2D eigenvalue weighted by Gasteiger charge is 2.14. The van der Waals surface area contributed by atoms with Gasteiger partial charge in [-0.25, -0.2) is 4.98 Å². The number of nitrogens with two attached hydrogens (primary N) is 1. The molecule has 0 saturated carbocycles. The molecule has 1 rings (SSSR count). The van der Waals surface area contributed by atoms with Crippen LogP contribution in [-0.4, -0.2) is 21.3 Å². The van der Waals surface area contributed by atoms with Crippen LogP contribution in [0.2, 0.25) is 0 Å². The molecule has 0 aliphatic carbocycles. The summed E-state index contributed by atoms with van der Waals surface area (Å²) >= 11 is 0. The van der Waals surface area contributed by atoms with Crippen LogP contribution in [0, 0.1) is 11.8 Å².